The first kappa shape index (κ1) is 15.8. The molecular weight excluding hydrogens is 254 g/mol. The predicted molar refractivity (Wildman–Crippen MR) is 92.4 cm³/mol. The van der Waals surface area contributed by atoms with Gasteiger partial charge in [0.25, 0.3) is 0 Å². The van der Waals surface area contributed by atoms with Crippen LogP contribution in [0.4, 0.5) is 0 Å². The zero-order chi connectivity index (χ0) is 15.3. The van der Waals surface area contributed by atoms with Gasteiger partial charge in [0.2, 0.25) is 0 Å². The van der Waals surface area contributed by atoms with Crippen molar-refractivity contribution in [2.24, 2.45) is 5.41 Å². The summed E-state index contributed by atoms with van der Waals surface area (Å²) in [5.41, 5.74) is 4.26. The van der Waals surface area contributed by atoms with E-state index in [1.807, 2.05) is 0 Å². The quantitative estimate of drug-likeness (QED) is 0.743. The Labute approximate surface area is 129 Å². The average Bonchev–Trinajstić information content (AvgIpc) is 2.54. The van der Waals surface area contributed by atoms with Crippen LogP contribution in [0.2, 0.25) is 0 Å². The molecule has 1 atom stereocenters. The van der Waals surface area contributed by atoms with Gasteiger partial charge in [0.1, 0.15) is 0 Å². The molecule has 0 saturated heterocycles. The lowest BCUT2D eigenvalue weighted by Gasteiger charge is -2.26. The minimum atomic E-state index is 0.359. The fourth-order valence-electron chi connectivity index (χ4n) is 2.27. The Balaban J connectivity index is 2.02. The zero-order valence-electron chi connectivity index (χ0n) is 13.7. The molecule has 1 N–H and O–H groups in total. The molecule has 2 rings (SSSR count). The lowest BCUT2D eigenvalue weighted by molar-refractivity contribution is 0.314. The first-order chi connectivity index (χ1) is 10.0. The van der Waals surface area contributed by atoms with Gasteiger partial charge in [-0.1, -0.05) is 75.4 Å². The summed E-state index contributed by atoms with van der Waals surface area (Å²) in [6, 6.07) is 19.8. The Hall–Kier alpha value is -1.60. The third-order valence-corrected chi connectivity index (χ3v) is 4.36. The normalized spacial score (nSPS) is 13.1. The highest BCUT2D eigenvalue weighted by Gasteiger charge is 2.16. The van der Waals surface area contributed by atoms with Crippen LogP contribution in [0.15, 0.2) is 54.6 Å². The number of nitrogens with one attached hydrogen (secondary N) is 1. The first-order valence-corrected chi connectivity index (χ1v) is 7.90. The van der Waals surface area contributed by atoms with Gasteiger partial charge >= 0.3 is 0 Å². The smallest absolute Gasteiger partial charge is 0.0292 e. The van der Waals surface area contributed by atoms with E-state index in [9.17, 15) is 0 Å². The van der Waals surface area contributed by atoms with Gasteiger partial charge in [-0.15, -0.1) is 0 Å². The highest BCUT2D eigenvalue weighted by molar-refractivity contribution is 5.63. The minimum absolute atomic E-state index is 0.359. The van der Waals surface area contributed by atoms with Gasteiger partial charge in [0, 0.05) is 12.6 Å². The topological polar surface area (TPSA) is 12.0 Å². The molecule has 0 heterocycles. The van der Waals surface area contributed by atoms with Crippen molar-refractivity contribution in [1.82, 2.24) is 5.32 Å². The maximum atomic E-state index is 3.65. The number of hydrogen-bond acceptors (Lipinski definition) is 1. The van der Waals surface area contributed by atoms with Crippen LogP contribution in [0.1, 0.15) is 45.7 Å². The second-order valence-electron chi connectivity index (χ2n) is 6.61. The van der Waals surface area contributed by atoms with E-state index in [4.69, 9.17) is 0 Å². The van der Waals surface area contributed by atoms with E-state index in [-0.39, 0.29) is 0 Å². The molecule has 0 radical (unpaired) electrons. The van der Waals surface area contributed by atoms with Crippen molar-refractivity contribution >= 4 is 0 Å². The fraction of sp³-hybridized carbons (Fsp3) is 0.400. The van der Waals surface area contributed by atoms with Gasteiger partial charge in [-0.05, 0) is 35.4 Å². The van der Waals surface area contributed by atoms with Crippen molar-refractivity contribution in [3.63, 3.8) is 0 Å². The van der Waals surface area contributed by atoms with Crippen LogP contribution in [0.25, 0.3) is 11.1 Å². The van der Waals surface area contributed by atoms with Gasteiger partial charge in [-0.25, -0.2) is 0 Å². The highest BCUT2D eigenvalue weighted by atomic mass is 14.9. The highest BCUT2D eigenvalue weighted by Crippen LogP contribution is 2.23. The standard InChI is InChI=1S/C20H27N/c1-5-20(3,4)15-21-16(2)17-11-13-19(14-12-17)18-9-7-6-8-10-18/h6-14,16,21H,5,15H2,1-4H3. The molecule has 0 aromatic heterocycles. The number of benzene rings is 2. The predicted octanol–water partition coefficient (Wildman–Crippen LogP) is 5.44. The molecule has 0 saturated carbocycles. The Kier molecular flexibility index (Phi) is 5.19. The van der Waals surface area contributed by atoms with Crippen molar-refractivity contribution in [3.8, 4) is 11.1 Å². The fourth-order valence-corrected chi connectivity index (χ4v) is 2.27. The van der Waals surface area contributed by atoms with E-state index in [1.54, 1.807) is 0 Å². The molecule has 0 amide bonds. The lowest BCUT2D eigenvalue weighted by atomic mass is 9.90. The van der Waals surface area contributed by atoms with Crippen LogP contribution in [-0.2, 0) is 0 Å². The molecule has 0 aliphatic heterocycles. The zero-order valence-corrected chi connectivity index (χ0v) is 13.7. The van der Waals surface area contributed by atoms with E-state index in [1.165, 1.54) is 23.1 Å². The summed E-state index contributed by atoms with van der Waals surface area (Å²) in [6.07, 6.45) is 1.19. The Morgan fingerprint density at radius 3 is 2.05 bits per heavy atom. The Bertz CT molecular complexity index is 540. The first-order valence-electron chi connectivity index (χ1n) is 7.90. The van der Waals surface area contributed by atoms with Crippen molar-refractivity contribution in [2.75, 3.05) is 6.54 Å². The van der Waals surface area contributed by atoms with Crippen molar-refractivity contribution in [2.45, 2.75) is 40.2 Å². The SMILES string of the molecule is CCC(C)(C)CNC(C)c1ccc(-c2ccccc2)cc1. The molecule has 0 fully saturated rings. The molecule has 0 aliphatic carbocycles. The Morgan fingerprint density at radius 2 is 1.48 bits per heavy atom. The molecule has 1 nitrogen and oxygen atoms in total. The van der Waals surface area contributed by atoms with Crippen LogP contribution in [0.5, 0.6) is 0 Å². The molecule has 21 heavy (non-hydrogen) atoms. The van der Waals surface area contributed by atoms with Crippen molar-refractivity contribution in [1.29, 1.82) is 0 Å². The molecule has 2 aromatic carbocycles. The molecule has 1 heteroatoms. The molecule has 112 valence electrons. The summed E-state index contributed by atoms with van der Waals surface area (Å²) in [7, 11) is 0. The van der Waals surface area contributed by atoms with Crippen molar-refractivity contribution in [3.05, 3.63) is 60.2 Å². The largest absolute Gasteiger partial charge is 0.310 e. The van der Waals surface area contributed by atoms with Crippen LogP contribution < -0.4 is 5.32 Å². The van der Waals surface area contributed by atoms with Crippen LogP contribution >= 0.6 is 0 Å². The molecule has 0 spiro atoms. The van der Waals surface area contributed by atoms with E-state index in [0.717, 1.165) is 6.54 Å². The average molecular weight is 281 g/mol. The molecular formula is C20H27N. The van der Waals surface area contributed by atoms with E-state index in [2.05, 4.69) is 87.6 Å². The third kappa shape index (κ3) is 4.44. The summed E-state index contributed by atoms with van der Waals surface area (Å²) in [6.45, 7) is 10.2. The Morgan fingerprint density at radius 1 is 0.905 bits per heavy atom. The van der Waals surface area contributed by atoms with Gasteiger partial charge in [0.15, 0.2) is 0 Å². The van der Waals surface area contributed by atoms with E-state index in [0.29, 0.717) is 11.5 Å². The maximum absolute atomic E-state index is 3.65. The molecule has 0 bridgehead atoms. The molecule has 1 unspecified atom stereocenters. The van der Waals surface area contributed by atoms with Crippen molar-refractivity contribution < 1.29 is 0 Å². The third-order valence-electron chi connectivity index (χ3n) is 4.36. The van der Waals surface area contributed by atoms with Gasteiger partial charge in [0.05, 0.1) is 0 Å². The van der Waals surface area contributed by atoms with Gasteiger partial charge in [-0.3, -0.25) is 0 Å². The van der Waals surface area contributed by atoms with E-state index < -0.39 is 0 Å². The van der Waals surface area contributed by atoms with Gasteiger partial charge < -0.3 is 5.32 Å². The maximum Gasteiger partial charge on any atom is 0.0292 e. The summed E-state index contributed by atoms with van der Waals surface area (Å²) in [5, 5.41) is 3.65. The van der Waals surface area contributed by atoms with Crippen LogP contribution in [0, 0.1) is 5.41 Å². The summed E-state index contributed by atoms with van der Waals surface area (Å²) >= 11 is 0. The van der Waals surface area contributed by atoms with Gasteiger partial charge in [-0.2, -0.15) is 0 Å². The molecule has 2 aromatic rings. The lowest BCUT2D eigenvalue weighted by Crippen LogP contribution is -2.30. The molecule has 0 aliphatic rings. The van der Waals surface area contributed by atoms with Crippen LogP contribution in [0.3, 0.4) is 0 Å². The summed E-state index contributed by atoms with van der Waals surface area (Å²) in [5.74, 6) is 0. The van der Waals surface area contributed by atoms with E-state index >= 15 is 0 Å². The minimum Gasteiger partial charge on any atom is -0.310 e. The second-order valence-corrected chi connectivity index (χ2v) is 6.61. The number of hydrogen-bond donors (Lipinski definition) is 1. The monoisotopic (exact) mass is 281 g/mol. The van der Waals surface area contributed by atoms with Crippen LogP contribution in [-0.4, -0.2) is 6.54 Å². The summed E-state index contributed by atoms with van der Waals surface area (Å²) < 4.78 is 0. The number of rotatable bonds is 6. The summed E-state index contributed by atoms with van der Waals surface area (Å²) in [4.78, 5) is 0. The second kappa shape index (κ2) is 6.91.